The van der Waals surface area contributed by atoms with Crippen molar-refractivity contribution >= 4 is 30.6 Å². The molecule has 0 unspecified atom stereocenters. The number of aromatic nitrogens is 1. The van der Waals surface area contributed by atoms with Crippen molar-refractivity contribution in [3.63, 3.8) is 0 Å². The van der Waals surface area contributed by atoms with E-state index in [2.05, 4.69) is 48.0 Å². The lowest BCUT2D eigenvalue weighted by molar-refractivity contribution is -0.144. The van der Waals surface area contributed by atoms with E-state index in [1.807, 2.05) is 42.5 Å². The Morgan fingerprint density at radius 1 is 1.00 bits per heavy atom. The number of hydrogen-bond donors (Lipinski definition) is 2. The highest BCUT2D eigenvalue weighted by Crippen LogP contribution is 2.52. The van der Waals surface area contributed by atoms with Gasteiger partial charge in [0.05, 0.1) is 23.6 Å². The average molecular weight is 660 g/mol. The number of amides is 2. The van der Waals surface area contributed by atoms with Gasteiger partial charge < -0.3 is 14.8 Å². The van der Waals surface area contributed by atoms with E-state index in [0.29, 0.717) is 25.6 Å². The number of piperidine rings is 1. The van der Waals surface area contributed by atoms with Gasteiger partial charge in [0.1, 0.15) is 5.75 Å². The van der Waals surface area contributed by atoms with E-state index in [9.17, 15) is 19.7 Å². The summed E-state index contributed by atoms with van der Waals surface area (Å²) >= 11 is 0. The maximum Gasteiger partial charge on any atom is 0.455 e. The van der Waals surface area contributed by atoms with Crippen molar-refractivity contribution in [2.75, 3.05) is 13.1 Å². The fourth-order valence-corrected chi connectivity index (χ4v) is 8.74. The SMILES string of the molecule is CC(C)C1=C2[C@@H](CC/C(=C/c3cccc(O)c3)c3ccccn3)OB(O)C[C@@H]2[C@@H]2C(=O)N(C3CCN(Cc4ccccc4)CC3)C(=O)[C@@H]2C1. The minimum absolute atomic E-state index is 0.0299. The first-order valence-corrected chi connectivity index (χ1v) is 17.9. The summed E-state index contributed by atoms with van der Waals surface area (Å²) in [5.74, 6) is -0.811. The van der Waals surface area contributed by atoms with Gasteiger partial charge in [-0.05, 0) is 103 Å². The molecule has 2 amide bonds. The van der Waals surface area contributed by atoms with E-state index in [1.54, 1.807) is 23.2 Å². The number of likely N-dealkylation sites (tertiary alicyclic amines) is 2. The van der Waals surface area contributed by atoms with Crippen LogP contribution in [0.2, 0.25) is 6.32 Å². The number of carbonyl (C=O) groups excluding carboxylic acids is 2. The second kappa shape index (κ2) is 14.4. The van der Waals surface area contributed by atoms with Gasteiger partial charge in [-0.1, -0.05) is 68.0 Å². The molecule has 0 saturated carbocycles. The lowest BCUT2D eigenvalue weighted by Gasteiger charge is -2.44. The van der Waals surface area contributed by atoms with E-state index >= 15 is 0 Å². The molecule has 3 saturated heterocycles. The summed E-state index contributed by atoms with van der Waals surface area (Å²) in [5.41, 5.74) is 6.27. The van der Waals surface area contributed by atoms with Crippen molar-refractivity contribution < 1.29 is 24.4 Å². The highest BCUT2D eigenvalue weighted by atomic mass is 16.5. The molecule has 8 nitrogen and oxygen atoms in total. The first-order chi connectivity index (χ1) is 23.8. The smallest absolute Gasteiger partial charge is 0.455 e. The van der Waals surface area contributed by atoms with Gasteiger partial charge in [0.15, 0.2) is 0 Å². The Labute approximate surface area is 289 Å². The third-order valence-electron chi connectivity index (χ3n) is 11.0. The van der Waals surface area contributed by atoms with Gasteiger partial charge in [0, 0.05) is 31.9 Å². The number of phenols is 1. The van der Waals surface area contributed by atoms with Gasteiger partial charge in [-0.25, -0.2) is 0 Å². The Bertz CT molecular complexity index is 1720. The standard InChI is InChI=1S/C40H46BN3O5/c1-26(2)32-23-33-38(40(47)44(39(33)46)30-16-19-43(20-17-30)25-27-9-4-3-5-10-27)34-24-41(48)49-36(37(32)34)15-14-29(35-13-6-7-18-42-35)21-28-11-8-12-31(45)22-28/h3-13,18,21-22,26,30,33-34,36,38,45,48H,14-17,19-20,23-25H2,1-2H3/b29-21-/t33-,34+,36-,38-/m1/s1. The molecule has 0 radical (unpaired) electrons. The quantitative estimate of drug-likeness (QED) is 0.160. The first kappa shape index (κ1) is 33.5. The molecule has 4 aliphatic rings. The van der Waals surface area contributed by atoms with Crippen LogP contribution in [0.4, 0.5) is 0 Å². The molecule has 3 fully saturated rings. The van der Waals surface area contributed by atoms with Gasteiger partial charge in [0.2, 0.25) is 11.8 Å². The van der Waals surface area contributed by atoms with E-state index in [4.69, 9.17) is 4.65 Å². The summed E-state index contributed by atoms with van der Waals surface area (Å²) in [4.78, 5) is 37.2. The van der Waals surface area contributed by atoms with Crippen LogP contribution in [-0.2, 0) is 20.8 Å². The maximum absolute atomic E-state index is 14.4. The zero-order chi connectivity index (χ0) is 34.1. The number of fused-ring (bicyclic) bond motifs is 3. The van der Waals surface area contributed by atoms with Crippen molar-refractivity contribution in [2.45, 2.75) is 71.0 Å². The molecule has 1 aromatic heterocycles. The molecule has 3 aromatic rings. The van der Waals surface area contributed by atoms with E-state index in [1.165, 1.54) is 11.1 Å². The molecule has 49 heavy (non-hydrogen) atoms. The molecule has 2 aromatic carbocycles. The molecule has 3 aliphatic heterocycles. The van der Waals surface area contributed by atoms with Crippen molar-refractivity contribution in [2.24, 2.45) is 23.7 Å². The minimum atomic E-state index is -1.02. The van der Waals surface area contributed by atoms with Gasteiger partial charge >= 0.3 is 7.12 Å². The number of aromatic hydroxyl groups is 1. The number of carbonyl (C=O) groups is 2. The number of pyridine rings is 1. The van der Waals surface area contributed by atoms with Gasteiger partial charge in [-0.3, -0.25) is 24.4 Å². The topological polar surface area (TPSA) is 103 Å². The number of benzene rings is 2. The third-order valence-corrected chi connectivity index (χ3v) is 11.0. The zero-order valence-corrected chi connectivity index (χ0v) is 28.4. The van der Waals surface area contributed by atoms with Crippen LogP contribution in [0.3, 0.4) is 0 Å². The van der Waals surface area contributed by atoms with Crippen LogP contribution >= 0.6 is 0 Å². The summed E-state index contributed by atoms with van der Waals surface area (Å²) in [6.07, 6.45) is 7.05. The second-order valence-electron chi connectivity index (χ2n) is 14.5. The average Bonchev–Trinajstić information content (AvgIpc) is 3.36. The summed E-state index contributed by atoms with van der Waals surface area (Å²) in [5, 5.41) is 21.2. The normalized spacial score (nSPS) is 25.3. The fourth-order valence-electron chi connectivity index (χ4n) is 8.74. The first-order valence-electron chi connectivity index (χ1n) is 17.9. The number of phenolic OH excluding ortho intramolecular Hbond substituents is 1. The van der Waals surface area contributed by atoms with Gasteiger partial charge in [0.25, 0.3) is 0 Å². The van der Waals surface area contributed by atoms with Crippen molar-refractivity contribution in [3.8, 4) is 5.75 Å². The number of imide groups is 1. The van der Waals surface area contributed by atoms with Crippen LogP contribution in [0.25, 0.3) is 11.6 Å². The van der Waals surface area contributed by atoms with E-state index in [0.717, 1.165) is 54.9 Å². The molecule has 254 valence electrons. The summed E-state index contributed by atoms with van der Waals surface area (Å²) in [7, 11) is -1.02. The lowest BCUT2D eigenvalue weighted by atomic mass is 9.57. The Hall–Kier alpha value is -4.05. The van der Waals surface area contributed by atoms with Crippen LogP contribution in [0.15, 0.2) is 90.1 Å². The monoisotopic (exact) mass is 659 g/mol. The molecule has 7 rings (SSSR count). The molecule has 1 aliphatic carbocycles. The molecule has 4 heterocycles. The third kappa shape index (κ3) is 7.02. The number of nitrogens with zero attached hydrogens (tertiary/aromatic N) is 3. The summed E-state index contributed by atoms with van der Waals surface area (Å²) in [6, 6.07) is 23.3. The molecule has 2 N–H and O–H groups in total. The largest absolute Gasteiger partial charge is 0.508 e. The Balaban J connectivity index is 1.12. The minimum Gasteiger partial charge on any atom is -0.508 e. The molecular weight excluding hydrogens is 613 g/mol. The fraction of sp³-hybridized carbons (Fsp3) is 0.425. The van der Waals surface area contributed by atoms with Crippen molar-refractivity contribution in [3.05, 3.63) is 107 Å². The molecule has 4 atom stereocenters. The molecule has 0 bridgehead atoms. The van der Waals surface area contributed by atoms with Crippen LogP contribution in [0.5, 0.6) is 5.75 Å². The predicted octanol–water partition coefficient (Wildman–Crippen LogP) is 6.23. The lowest BCUT2D eigenvalue weighted by Crippen LogP contribution is -2.48. The highest BCUT2D eigenvalue weighted by Gasteiger charge is 2.58. The van der Waals surface area contributed by atoms with Crippen LogP contribution in [0, 0.1) is 23.7 Å². The maximum atomic E-state index is 14.4. The van der Waals surface area contributed by atoms with Gasteiger partial charge in [-0.15, -0.1) is 0 Å². The van der Waals surface area contributed by atoms with Crippen molar-refractivity contribution in [1.29, 1.82) is 0 Å². The van der Waals surface area contributed by atoms with E-state index < -0.39 is 13.0 Å². The van der Waals surface area contributed by atoms with Crippen LogP contribution in [-0.4, -0.2) is 69.1 Å². The second-order valence-corrected chi connectivity index (χ2v) is 14.5. The Morgan fingerprint density at radius 2 is 1.78 bits per heavy atom. The molecule has 0 spiro atoms. The van der Waals surface area contributed by atoms with Gasteiger partial charge in [-0.2, -0.15) is 0 Å². The van der Waals surface area contributed by atoms with Crippen LogP contribution in [0.1, 0.15) is 62.8 Å². The molecular formula is C40H46BN3O5. The molecule has 9 heteroatoms. The van der Waals surface area contributed by atoms with E-state index in [-0.39, 0.29) is 47.5 Å². The Morgan fingerprint density at radius 3 is 2.49 bits per heavy atom. The van der Waals surface area contributed by atoms with Crippen molar-refractivity contribution in [1.82, 2.24) is 14.8 Å². The number of rotatable bonds is 9. The number of allylic oxidation sites excluding steroid dienone is 2. The summed E-state index contributed by atoms with van der Waals surface area (Å²) in [6.45, 7) is 6.88. The summed E-state index contributed by atoms with van der Waals surface area (Å²) < 4.78 is 6.30. The number of hydrogen-bond acceptors (Lipinski definition) is 7. The predicted molar refractivity (Wildman–Crippen MR) is 191 cm³/mol. The Kier molecular flexibility index (Phi) is 9.86. The highest BCUT2D eigenvalue weighted by molar-refractivity contribution is 6.43. The van der Waals surface area contributed by atoms with Crippen LogP contribution < -0.4 is 0 Å². The zero-order valence-electron chi connectivity index (χ0n) is 28.4.